The van der Waals surface area contributed by atoms with Gasteiger partial charge in [-0.3, -0.25) is 4.79 Å². The first kappa shape index (κ1) is 15.6. The van der Waals surface area contributed by atoms with Gasteiger partial charge in [0.15, 0.2) is 0 Å². The Labute approximate surface area is 119 Å². The van der Waals surface area contributed by atoms with E-state index in [-0.39, 0.29) is 29.7 Å². The van der Waals surface area contributed by atoms with Crippen molar-refractivity contribution in [2.75, 3.05) is 20.2 Å². The first-order valence-electron chi connectivity index (χ1n) is 6.16. The van der Waals surface area contributed by atoms with Gasteiger partial charge in [-0.15, -0.1) is 0 Å². The number of benzene rings is 1. The number of carbonyl (C=O) groups excluding carboxylic acids is 1. The zero-order valence-electron chi connectivity index (χ0n) is 11.1. The van der Waals surface area contributed by atoms with Crippen molar-refractivity contribution >= 4 is 18.5 Å². The highest BCUT2D eigenvalue weighted by molar-refractivity contribution is 6.58. The van der Waals surface area contributed by atoms with Crippen LogP contribution in [0.1, 0.15) is 15.9 Å². The Bertz CT molecular complexity index is 545. The van der Waals surface area contributed by atoms with Crippen molar-refractivity contribution in [1.82, 2.24) is 4.90 Å². The molecule has 1 aromatic carbocycles. The van der Waals surface area contributed by atoms with Crippen molar-refractivity contribution in [2.45, 2.75) is 12.6 Å². The normalized spacial score (nSPS) is 15.0. The van der Waals surface area contributed by atoms with Gasteiger partial charge in [0.2, 0.25) is 0 Å². The van der Waals surface area contributed by atoms with Crippen LogP contribution in [0.4, 0.5) is 13.2 Å². The third kappa shape index (κ3) is 3.30. The molecule has 5 nitrogen and oxygen atoms in total. The van der Waals surface area contributed by atoms with E-state index in [0.29, 0.717) is 10.5 Å². The molecule has 1 amide bonds. The van der Waals surface area contributed by atoms with Crippen LogP contribution in [0.15, 0.2) is 12.1 Å². The number of hydrogen-bond acceptors (Lipinski definition) is 4. The summed E-state index contributed by atoms with van der Waals surface area (Å²) in [5.74, 6) is -0.739. The maximum absolute atomic E-state index is 12.5. The fourth-order valence-corrected chi connectivity index (χ4v) is 2.33. The van der Waals surface area contributed by atoms with Crippen molar-refractivity contribution < 1.29 is 32.8 Å². The maximum atomic E-state index is 12.5. The standard InChI is InChI=1S/C12H13BF3NO4/c1-21-9-5-8(13(19)20)4-7-2-3-17(6-12(14,15)16)11(18)10(7)9/h4-5,19-20H,2-3,6H2,1H3. The van der Waals surface area contributed by atoms with Crippen LogP contribution in [0.5, 0.6) is 5.75 Å². The van der Waals surface area contributed by atoms with Crippen molar-refractivity contribution in [2.24, 2.45) is 0 Å². The van der Waals surface area contributed by atoms with E-state index in [4.69, 9.17) is 4.74 Å². The average molecular weight is 303 g/mol. The fourth-order valence-electron chi connectivity index (χ4n) is 2.33. The van der Waals surface area contributed by atoms with E-state index >= 15 is 0 Å². The average Bonchev–Trinajstić information content (AvgIpc) is 2.39. The SMILES string of the molecule is COc1cc(B(O)O)cc2c1C(=O)N(CC(F)(F)F)CC2. The lowest BCUT2D eigenvalue weighted by atomic mass is 9.77. The molecule has 1 aliphatic rings. The number of carbonyl (C=O) groups is 1. The summed E-state index contributed by atoms with van der Waals surface area (Å²) in [5.41, 5.74) is 0.612. The topological polar surface area (TPSA) is 70.0 Å². The molecule has 2 rings (SSSR count). The number of halogens is 3. The fraction of sp³-hybridized carbons (Fsp3) is 0.417. The lowest BCUT2D eigenvalue weighted by Crippen LogP contribution is -2.44. The molecular weight excluding hydrogens is 290 g/mol. The molecule has 1 heterocycles. The van der Waals surface area contributed by atoms with Crippen LogP contribution in [-0.2, 0) is 6.42 Å². The number of ether oxygens (including phenoxy) is 1. The first-order chi connectivity index (χ1) is 9.73. The summed E-state index contributed by atoms with van der Waals surface area (Å²) < 4.78 is 42.4. The van der Waals surface area contributed by atoms with E-state index in [9.17, 15) is 28.0 Å². The van der Waals surface area contributed by atoms with E-state index in [1.807, 2.05) is 0 Å². The van der Waals surface area contributed by atoms with E-state index in [0.717, 1.165) is 0 Å². The lowest BCUT2D eigenvalue weighted by molar-refractivity contribution is -0.141. The summed E-state index contributed by atoms with van der Waals surface area (Å²) in [4.78, 5) is 12.9. The number of methoxy groups -OCH3 is 1. The second-order valence-electron chi connectivity index (χ2n) is 4.72. The van der Waals surface area contributed by atoms with Crippen molar-refractivity contribution in [1.29, 1.82) is 0 Å². The van der Waals surface area contributed by atoms with Gasteiger partial charge in [0.05, 0.1) is 12.7 Å². The minimum absolute atomic E-state index is 0.0347. The number of nitrogens with zero attached hydrogens (tertiary/aromatic N) is 1. The second kappa shape index (κ2) is 5.57. The van der Waals surface area contributed by atoms with Gasteiger partial charge in [-0.05, 0) is 23.5 Å². The van der Waals surface area contributed by atoms with Crippen LogP contribution in [0, 0.1) is 0 Å². The molecule has 0 aromatic heterocycles. The number of rotatable bonds is 3. The Balaban J connectivity index is 2.41. The molecule has 0 bridgehead atoms. The Hall–Kier alpha value is -1.74. The Morgan fingerprint density at radius 3 is 2.57 bits per heavy atom. The van der Waals surface area contributed by atoms with E-state index in [1.54, 1.807) is 0 Å². The summed E-state index contributed by atoms with van der Waals surface area (Å²) in [6.45, 7) is -1.40. The van der Waals surface area contributed by atoms with E-state index in [2.05, 4.69) is 0 Å². The zero-order valence-corrected chi connectivity index (χ0v) is 11.1. The van der Waals surface area contributed by atoms with Gasteiger partial charge in [0.25, 0.3) is 5.91 Å². The van der Waals surface area contributed by atoms with Crippen LogP contribution in [0.2, 0.25) is 0 Å². The quantitative estimate of drug-likeness (QED) is 0.767. The molecule has 0 saturated heterocycles. The molecule has 0 atom stereocenters. The predicted molar refractivity (Wildman–Crippen MR) is 68.5 cm³/mol. The van der Waals surface area contributed by atoms with Gasteiger partial charge >= 0.3 is 13.3 Å². The highest BCUT2D eigenvalue weighted by Crippen LogP contribution is 2.29. The smallest absolute Gasteiger partial charge is 0.488 e. The van der Waals surface area contributed by atoms with Crippen molar-refractivity contribution in [3.8, 4) is 5.75 Å². The molecule has 2 N–H and O–H groups in total. The summed E-state index contributed by atoms with van der Waals surface area (Å²) in [7, 11) is -0.480. The minimum Gasteiger partial charge on any atom is -0.496 e. The molecule has 0 fully saturated rings. The molecule has 0 saturated carbocycles. The highest BCUT2D eigenvalue weighted by atomic mass is 19.4. The molecule has 21 heavy (non-hydrogen) atoms. The largest absolute Gasteiger partial charge is 0.496 e. The second-order valence-corrected chi connectivity index (χ2v) is 4.72. The molecule has 0 unspecified atom stereocenters. The van der Waals surface area contributed by atoms with Gasteiger partial charge in [0, 0.05) is 6.54 Å². The van der Waals surface area contributed by atoms with Crippen LogP contribution in [0.3, 0.4) is 0 Å². The molecule has 9 heteroatoms. The first-order valence-corrected chi connectivity index (χ1v) is 6.16. The van der Waals surface area contributed by atoms with Crippen LogP contribution >= 0.6 is 0 Å². The molecule has 0 radical (unpaired) electrons. The van der Waals surface area contributed by atoms with Gasteiger partial charge in [-0.25, -0.2) is 0 Å². The van der Waals surface area contributed by atoms with E-state index in [1.165, 1.54) is 19.2 Å². The van der Waals surface area contributed by atoms with Gasteiger partial charge in [-0.1, -0.05) is 6.07 Å². The Kier molecular flexibility index (Phi) is 4.15. The Morgan fingerprint density at radius 2 is 2.05 bits per heavy atom. The summed E-state index contributed by atoms with van der Waals surface area (Å²) in [5, 5.41) is 18.3. The molecule has 0 aliphatic carbocycles. The monoisotopic (exact) mass is 303 g/mol. The Morgan fingerprint density at radius 1 is 1.38 bits per heavy atom. The molecule has 0 spiro atoms. The van der Waals surface area contributed by atoms with Gasteiger partial charge in [-0.2, -0.15) is 13.2 Å². The van der Waals surface area contributed by atoms with E-state index < -0.39 is 25.7 Å². The summed E-state index contributed by atoms with van der Waals surface area (Å²) >= 11 is 0. The molecule has 1 aliphatic heterocycles. The lowest BCUT2D eigenvalue weighted by Gasteiger charge is -2.30. The third-order valence-corrected chi connectivity index (χ3v) is 3.25. The summed E-state index contributed by atoms with van der Waals surface area (Å²) in [6.07, 6.45) is -4.28. The number of fused-ring (bicyclic) bond motifs is 1. The highest BCUT2D eigenvalue weighted by Gasteiger charge is 2.37. The number of hydrogen-bond donors (Lipinski definition) is 2. The third-order valence-electron chi connectivity index (χ3n) is 3.25. The van der Waals surface area contributed by atoms with Gasteiger partial charge in [0.1, 0.15) is 12.3 Å². The minimum atomic E-state index is -4.47. The summed E-state index contributed by atoms with van der Waals surface area (Å²) in [6, 6.07) is 2.63. The molecule has 114 valence electrons. The molecular formula is C12H13BF3NO4. The number of amides is 1. The maximum Gasteiger partial charge on any atom is 0.488 e. The van der Waals surface area contributed by atoms with Crippen LogP contribution in [-0.4, -0.2) is 54.3 Å². The van der Waals surface area contributed by atoms with Crippen molar-refractivity contribution in [3.05, 3.63) is 23.3 Å². The number of alkyl halides is 3. The van der Waals surface area contributed by atoms with Crippen LogP contribution in [0.25, 0.3) is 0 Å². The zero-order chi connectivity index (χ0) is 15.8. The van der Waals surface area contributed by atoms with Crippen LogP contribution < -0.4 is 10.2 Å². The van der Waals surface area contributed by atoms with Gasteiger partial charge < -0.3 is 19.7 Å². The predicted octanol–water partition coefficient (Wildman–Crippen LogP) is -0.0644. The van der Waals surface area contributed by atoms with Crippen molar-refractivity contribution in [3.63, 3.8) is 0 Å². The molecule has 1 aromatic rings.